The third-order valence-electron chi connectivity index (χ3n) is 2.73. The Morgan fingerprint density at radius 1 is 1.20 bits per heavy atom. The number of sulfonamides is 1. The van der Waals surface area contributed by atoms with Gasteiger partial charge in [0.1, 0.15) is 0 Å². The maximum Gasteiger partial charge on any atom is 0.208 e. The molecule has 0 bridgehead atoms. The summed E-state index contributed by atoms with van der Waals surface area (Å²) < 4.78 is 26.1. The van der Waals surface area contributed by atoms with Crippen molar-refractivity contribution in [2.24, 2.45) is 0 Å². The topological polar surface area (TPSA) is 76.0 Å². The van der Waals surface area contributed by atoms with Gasteiger partial charge in [0, 0.05) is 37.7 Å². The van der Waals surface area contributed by atoms with Crippen LogP contribution in [-0.4, -0.2) is 37.3 Å². The fourth-order valence-electron chi connectivity index (χ4n) is 1.76. The summed E-state index contributed by atoms with van der Waals surface area (Å²) in [7, 11) is -3.10. The summed E-state index contributed by atoms with van der Waals surface area (Å²) in [5, 5.41) is 3.18. The van der Waals surface area contributed by atoms with E-state index in [1.165, 1.54) is 0 Å². The number of hydrogen-bond acceptors (Lipinski definition) is 4. The van der Waals surface area contributed by atoms with E-state index in [0.717, 1.165) is 17.5 Å². The van der Waals surface area contributed by atoms with Gasteiger partial charge in [-0.3, -0.25) is 0 Å². The lowest BCUT2D eigenvalue weighted by atomic mass is 10.2. The van der Waals surface area contributed by atoms with Crippen molar-refractivity contribution < 1.29 is 8.42 Å². The summed E-state index contributed by atoms with van der Waals surface area (Å²) in [6.07, 6.45) is 6.54. The highest BCUT2D eigenvalue weighted by Gasteiger charge is 1.99. The summed E-state index contributed by atoms with van der Waals surface area (Å²) in [5.74, 6) is 0. The molecule has 0 amide bonds. The number of imidazole rings is 1. The lowest BCUT2D eigenvalue weighted by Crippen LogP contribution is -2.30. The van der Waals surface area contributed by atoms with Crippen molar-refractivity contribution >= 4 is 10.0 Å². The summed E-state index contributed by atoms with van der Waals surface area (Å²) >= 11 is 0. The molecular weight excluding hydrogens is 276 g/mol. The Morgan fingerprint density at radius 3 is 2.55 bits per heavy atom. The molecule has 0 fully saturated rings. The number of nitrogens with one attached hydrogen (secondary N) is 2. The minimum atomic E-state index is -3.10. The predicted octanol–water partition coefficient (Wildman–Crippen LogP) is 0.511. The van der Waals surface area contributed by atoms with Crippen LogP contribution < -0.4 is 10.0 Å². The highest BCUT2D eigenvalue weighted by atomic mass is 32.2. The Labute approximate surface area is 118 Å². The molecule has 0 spiro atoms. The first-order chi connectivity index (χ1) is 9.54. The van der Waals surface area contributed by atoms with Crippen LogP contribution >= 0.6 is 0 Å². The first-order valence-corrected chi connectivity index (χ1v) is 8.16. The van der Waals surface area contributed by atoms with E-state index < -0.39 is 10.0 Å². The van der Waals surface area contributed by atoms with E-state index >= 15 is 0 Å². The molecule has 0 saturated carbocycles. The molecule has 1 aromatic carbocycles. The fraction of sp³-hybridized carbons (Fsp3) is 0.308. The molecular formula is C13H18N4O2S. The maximum absolute atomic E-state index is 10.9. The summed E-state index contributed by atoms with van der Waals surface area (Å²) in [6.45, 7) is 1.69. The van der Waals surface area contributed by atoms with Crippen LogP contribution in [0.25, 0.3) is 5.69 Å². The fourth-order valence-corrected chi connectivity index (χ4v) is 2.23. The van der Waals surface area contributed by atoms with E-state index in [1.54, 1.807) is 12.5 Å². The van der Waals surface area contributed by atoms with Gasteiger partial charge in [0.05, 0.1) is 12.6 Å². The van der Waals surface area contributed by atoms with Crippen molar-refractivity contribution in [3.8, 4) is 5.69 Å². The molecule has 108 valence electrons. The van der Waals surface area contributed by atoms with Crippen molar-refractivity contribution in [3.63, 3.8) is 0 Å². The van der Waals surface area contributed by atoms with Gasteiger partial charge in [0.25, 0.3) is 0 Å². The third kappa shape index (κ3) is 4.76. The normalized spacial score (nSPS) is 11.7. The van der Waals surface area contributed by atoms with Crippen molar-refractivity contribution in [1.82, 2.24) is 19.6 Å². The van der Waals surface area contributed by atoms with Crippen molar-refractivity contribution in [1.29, 1.82) is 0 Å². The van der Waals surface area contributed by atoms with E-state index in [2.05, 4.69) is 15.0 Å². The van der Waals surface area contributed by atoms with Gasteiger partial charge in [-0.15, -0.1) is 0 Å². The van der Waals surface area contributed by atoms with Crippen LogP contribution in [-0.2, 0) is 16.6 Å². The molecule has 20 heavy (non-hydrogen) atoms. The molecule has 6 nitrogen and oxygen atoms in total. The zero-order chi connectivity index (χ0) is 14.4. The van der Waals surface area contributed by atoms with E-state index in [1.807, 2.05) is 35.0 Å². The van der Waals surface area contributed by atoms with Gasteiger partial charge in [-0.05, 0) is 17.7 Å². The smallest absolute Gasteiger partial charge is 0.208 e. The monoisotopic (exact) mass is 294 g/mol. The van der Waals surface area contributed by atoms with Crippen LogP contribution in [0.15, 0.2) is 43.0 Å². The Hall–Kier alpha value is -1.70. The minimum Gasteiger partial charge on any atom is -0.311 e. The van der Waals surface area contributed by atoms with Crippen LogP contribution in [0.4, 0.5) is 0 Å². The quantitative estimate of drug-likeness (QED) is 0.730. The second-order valence-corrected chi connectivity index (χ2v) is 6.31. The van der Waals surface area contributed by atoms with Gasteiger partial charge < -0.3 is 9.88 Å². The van der Waals surface area contributed by atoms with E-state index in [9.17, 15) is 8.42 Å². The summed E-state index contributed by atoms with van der Waals surface area (Å²) in [5.41, 5.74) is 2.21. The van der Waals surface area contributed by atoms with Crippen LogP contribution in [0.3, 0.4) is 0 Å². The molecule has 2 N–H and O–H groups in total. The average molecular weight is 294 g/mol. The van der Waals surface area contributed by atoms with Gasteiger partial charge in [-0.2, -0.15) is 0 Å². The number of nitrogens with zero attached hydrogens (tertiary/aromatic N) is 2. The Morgan fingerprint density at radius 2 is 1.95 bits per heavy atom. The highest BCUT2D eigenvalue weighted by Crippen LogP contribution is 2.08. The molecule has 0 unspecified atom stereocenters. The van der Waals surface area contributed by atoms with Crippen molar-refractivity contribution in [3.05, 3.63) is 48.5 Å². The molecule has 0 aliphatic rings. The van der Waals surface area contributed by atoms with Crippen LogP contribution in [0.5, 0.6) is 0 Å². The van der Waals surface area contributed by atoms with E-state index in [-0.39, 0.29) is 0 Å². The van der Waals surface area contributed by atoms with Crippen LogP contribution in [0.2, 0.25) is 0 Å². The van der Waals surface area contributed by atoms with Gasteiger partial charge in [-0.25, -0.2) is 18.1 Å². The second-order valence-electron chi connectivity index (χ2n) is 4.48. The molecule has 2 rings (SSSR count). The second kappa shape index (κ2) is 6.65. The Kier molecular flexibility index (Phi) is 4.89. The molecule has 2 aromatic rings. The Balaban J connectivity index is 1.77. The molecule has 0 aliphatic carbocycles. The van der Waals surface area contributed by atoms with Gasteiger partial charge in [0.15, 0.2) is 0 Å². The summed E-state index contributed by atoms with van der Waals surface area (Å²) in [4.78, 5) is 4.01. The lowest BCUT2D eigenvalue weighted by molar-refractivity contribution is 0.582. The van der Waals surface area contributed by atoms with Gasteiger partial charge in [-0.1, -0.05) is 12.1 Å². The highest BCUT2D eigenvalue weighted by molar-refractivity contribution is 7.88. The predicted molar refractivity (Wildman–Crippen MR) is 78.1 cm³/mol. The third-order valence-corrected chi connectivity index (χ3v) is 3.46. The SMILES string of the molecule is CS(=O)(=O)NCCNCc1ccc(-n2ccnc2)cc1. The zero-order valence-corrected chi connectivity index (χ0v) is 12.1. The van der Waals surface area contributed by atoms with E-state index in [0.29, 0.717) is 19.6 Å². The van der Waals surface area contributed by atoms with E-state index in [4.69, 9.17) is 0 Å². The molecule has 0 radical (unpaired) electrons. The summed E-state index contributed by atoms with van der Waals surface area (Å²) in [6, 6.07) is 8.11. The Bertz CT molecular complexity index is 621. The van der Waals surface area contributed by atoms with Crippen molar-refractivity contribution in [2.75, 3.05) is 19.3 Å². The maximum atomic E-state index is 10.9. The first-order valence-electron chi connectivity index (χ1n) is 6.27. The molecule has 0 aliphatic heterocycles. The standard InChI is InChI=1S/C13H18N4O2S/c1-20(18,19)16-7-6-14-10-12-2-4-13(5-3-12)17-9-8-15-11-17/h2-5,8-9,11,14,16H,6-7,10H2,1H3. The van der Waals surface area contributed by atoms with Crippen LogP contribution in [0, 0.1) is 0 Å². The number of hydrogen-bond donors (Lipinski definition) is 2. The molecule has 1 aromatic heterocycles. The van der Waals surface area contributed by atoms with Crippen LogP contribution in [0.1, 0.15) is 5.56 Å². The number of rotatable bonds is 7. The number of benzene rings is 1. The zero-order valence-electron chi connectivity index (χ0n) is 11.3. The van der Waals surface area contributed by atoms with Crippen molar-refractivity contribution in [2.45, 2.75) is 6.54 Å². The molecule has 7 heteroatoms. The van der Waals surface area contributed by atoms with Gasteiger partial charge in [0.2, 0.25) is 10.0 Å². The molecule has 1 heterocycles. The minimum absolute atomic E-state index is 0.395. The number of aromatic nitrogens is 2. The molecule has 0 saturated heterocycles. The first kappa shape index (κ1) is 14.7. The molecule has 0 atom stereocenters. The largest absolute Gasteiger partial charge is 0.311 e. The average Bonchev–Trinajstić information content (AvgIpc) is 2.92. The van der Waals surface area contributed by atoms with Gasteiger partial charge >= 0.3 is 0 Å². The lowest BCUT2D eigenvalue weighted by Gasteiger charge is -2.07.